The van der Waals surface area contributed by atoms with Crippen LogP contribution in [0.2, 0.25) is 0 Å². The lowest BCUT2D eigenvalue weighted by Crippen LogP contribution is -2.02. The summed E-state index contributed by atoms with van der Waals surface area (Å²) in [6.45, 7) is 0. The monoisotopic (exact) mass is 112 g/mol. The number of nitrogens with zero attached hydrogens (tertiary/aromatic N) is 2. The highest BCUT2D eigenvalue weighted by molar-refractivity contribution is 5.57. The fourth-order valence-corrected chi connectivity index (χ4v) is 0.150. The molecule has 0 aromatic heterocycles. The van der Waals surface area contributed by atoms with Crippen molar-refractivity contribution < 1.29 is 0 Å². The molecule has 46 valence electrons. The molecule has 0 amide bonds. The molecule has 0 aliphatic rings. The molecule has 0 bridgehead atoms. The van der Waals surface area contributed by atoms with E-state index in [9.17, 15) is 0 Å². The molecule has 0 saturated carbocycles. The normalized spacial score (nSPS) is 10.8. The van der Waals surface area contributed by atoms with Gasteiger partial charge in [0.2, 0.25) is 0 Å². The molecule has 0 aliphatic carbocycles. The Morgan fingerprint density at radius 1 is 1.00 bits per heavy atom. The van der Waals surface area contributed by atoms with E-state index in [-0.39, 0.29) is 0 Å². The smallest absolute Gasteiger partial charge is 0.0276 e. The molecule has 2 N–H and O–H groups in total. The van der Waals surface area contributed by atoms with Gasteiger partial charge in [-0.1, -0.05) is 0 Å². The van der Waals surface area contributed by atoms with Gasteiger partial charge in [0, 0.05) is 0 Å². The maximum Gasteiger partial charge on any atom is -0.0276 e. The molecule has 4 heteroatoms. The van der Waals surface area contributed by atoms with Crippen molar-refractivity contribution in [3.8, 4) is 0 Å². The van der Waals surface area contributed by atoms with Crippen LogP contribution in [0.1, 0.15) is 0 Å². The van der Waals surface area contributed by atoms with E-state index in [1.807, 2.05) is 0 Å². The zero-order chi connectivity index (χ0) is 6.24. The molecule has 4 nitrogen and oxygen atoms in total. The molecule has 0 aromatic rings. The summed E-state index contributed by atoms with van der Waals surface area (Å²) in [4.78, 5) is 0. The lowest BCUT2D eigenvalue weighted by molar-refractivity contribution is 1.12. The van der Waals surface area contributed by atoms with Crippen molar-refractivity contribution in [1.29, 1.82) is 0 Å². The van der Waals surface area contributed by atoms with Gasteiger partial charge in [-0.3, -0.25) is 12.7 Å². The lowest BCUT2D eigenvalue weighted by Gasteiger charge is -2.04. The summed E-state index contributed by atoms with van der Waals surface area (Å²) in [7, 11) is 3.39. The molecule has 0 aliphatic heterocycles. The van der Waals surface area contributed by atoms with Gasteiger partial charge in [-0.05, 0) is 14.1 Å². The molecule has 0 aromatic carbocycles. The average Bonchev–Trinajstić information content (AvgIpc) is 1.81. The maximum atomic E-state index is 3.37. The summed E-state index contributed by atoms with van der Waals surface area (Å²) in [6.07, 6.45) is 4.78. The molecule has 0 atom stereocenters. The van der Waals surface area contributed by atoms with Crippen molar-refractivity contribution in [2.24, 2.45) is 10.2 Å². The number of hydrogen-bond acceptors (Lipinski definition) is 2. The van der Waals surface area contributed by atoms with Gasteiger partial charge in [-0.25, -0.2) is 0 Å². The van der Waals surface area contributed by atoms with Crippen LogP contribution in [0.15, 0.2) is 10.2 Å². The van der Waals surface area contributed by atoms with E-state index < -0.39 is 0 Å². The third-order valence-corrected chi connectivity index (χ3v) is 0.374. The standard InChI is InChI=1S/C4H8N4/c1-5-3-7-8-4-6-2/h1-2H3,(H,5,7)(H,6,8)/q-2. The van der Waals surface area contributed by atoms with Gasteiger partial charge in [0.1, 0.15) is 0 Å². The molecule has 0 saturated heterocycles. The SMILES string of the molecule is CN[C-]=NN=[C-]NC. The highest BCUT2D eigenvalue weighted by atomic mass is 15.2. The Kier molecular flexibility index (Phi) is 5.15. The minimum absolute atomic E-state index is 1.69. The predicted molar refractivity (Wildman–Crippen MR) is 33.0 cm³/mol. The number of nitrogens with one attached hydrogen (secondary N) is 2. The fraction of sp³-hybridized carbons (Fsp3) is 0.500. The van der Waals surface area contributed by atoms with E-state index >= 15 is 0 Å². The first kappa shape index (κ1) is 6.94. The third kappa shape index (κ3) is 4.94. The first-order valence-corrected chi connectivity index (χ1v) is 2.15. The first-order chi connectivity index (χ1) is 3.91. The quantitative estimate of drug-likeness (QED) is 0.164. The van der Waals surface area contributed by atoms with Crippen LogP contribution in [0.5, 0.6) is 0 Å². The topological polar surface area (TPSA) is 48.8 Å². The number of hydrogen-bond donors (Lipinski definition) is 2. The number of rotatable bonds is 3. The Hall–Kier alpha value is -1.06. The molecular weight excluding hydrogens is 104 g/mol. The molecule has 0 heterocycles. The summed E-state index contributed by atoms with van der Waals surface area (Å²) < 4.78 is 0. The Labute approximate surface area is 48.7 Å². The minimum Gasteiger partial charge on any atom is -0.551 e. The summed E-state index contributed by atoms with van der Waals surface area (Å²) in [5.74, 6) is 0. The summed E-state index contributed by atoms with van der Waals surface area (Å²) in [5.41, 5.74) is 0. The van der Waals surface area contributed by atoms with E-state index in [2.05, 4.69) is 33.5 Å². The van der Waals surface area contributed by atoms with Crippen LogP contribution in [0, 0.1) is 0 Å². The van der Waals surface area contributed by atoms with E-state index in [0.717, 1.165) is 0 Å². The molecule has 0 radical (unpaired) electrons. The zero-order valence-corrected chi connectivity index (χ0v) is 4.89. The van der Waals surface area contributed by atoms with Crippen molar-refractivity contribution >= 4 is 12.7 Å². The predicted octanol–water partition coefficient (Wildman–Crippen LogP) is -0.849. The van der Waals surface area contributed by atoms with Crippen molar-refractivity contribution in [2.75, 3.05) is 14.1 Å². The molecule has 0 unspecified atom stereocenters. The van der Waals surface area contributed by atoms with Crippen LogP contribution >= 0.6 is 0 Å². The van der Waals surface area contributed by atoms with E-state index in [0.29, 0.717) is 0 Å². The van der Waals surface area contributed by atoms with Gasteiger partial charge in [-0.15, -0.1) is 0 Å². The van der Waals surface area contributed by atoms with Gasteiger partial charge in [0.15, 0.2) is 0 Å². The molecule has 8 heavy (non-hydrogen) atoms. The highest BCUT2D eigenvalue weighted by Gasteiger charge is 1.32. The second-order valence-electron chi connectivity index (χ2n) is 0.924. The summed E-state index contributed by atoms with van der Waals surface area (Å²) >= 11 is 0. The average molecular weight is 112 g/mol. The van der Waals surface area contributed by atoms with Crippen LogP contribution in [-0.4, -0.2) is 26.8 Å². The largest absolute Gasteiger partial charge is 0.551 e. The van der Waals surface area contributed by atoms with Crippen LogP contribution in [0.3, 0.4) is 0 Å². The van der Waals surface area contributed by atoms with Crippen molar-refractivity contribution in [2.45, 2.75) is 0 Å². The van der Waals surface area contributed by atoms with Crippen LogP contribution in [0.25, 0.3) is 0 Å². The van der Waals surface area contributed by atoms with Crippen molar-refractivity contribution in [1.82, 2.24) is 10.6 Å². The molecule has 0 rings (SSSR count). The van der Waals surface area contributed by atoms with Gasteiger partial charge < -0.3 is 20.8 Å². The van der Waals surface area contributed by atoms with Crippen LogP contribution < -0.4 is 10.6 Å². The fourth-order valence-electron chi connectivity index (χ4n) is 0.150. The van der Waals surface area contributed by atoms with Crippen molar-refractivity contribution in [3.05, 3.63) is 0 Å². The van der Waals surface area contributed by atoms with E-state index in [4.69, 9.17) is 0 Å². The summed E-state index contributed by atoms with van der Waals surface area (Å²) in [6, 6.07) is 0. The maximum absolute atomic E-state index is 3.37. The van der Waals surface area contributed by atoms with Gasteiger partial charge in [0.05, 0.1) is 0 Å². The Balaban J connectivity index is 3.13. The van der Waals surface area contributed by atoms with Gasteiger partial charge in [0.25, 0.3) is 0 Å². The second kappa shape index (κ2) is 5.94. The first-order valence-electron chi connectivity index (χ1n) is 2.15. The van der Waals surface area contributed by atoms with Crippen molar-refractivity contribution in [3.63, 3.8) is 0 Å². The minimum atomic E-state index is 1.69. The molecular formula is C4H8N4-2. The van der Waals surface area contributed by atoms with E-state index in [1.54, 1.807) is 14.1 Å². The molecule has 0 fully saturated rings. The van der Waals surface area contributed by atoms with Gasteiger partial charge >= 0.3 is 0 Å². The van der Waals surface area contributed by atoms with E-state index in [1.165, 1.54) is 0 Å². The summed E-state index contributed by atoms with van der Waals surface area (Å²) in [5, 5.41) is 11.8. The third-order valence-electron chi connectivity index (χ3n) is 0.374. The Bertz CT molecular complexity index is 74.0. The van der Waals surface area contributed by atoms with Crippen LogP contribution in [0.4, 0.5) is 0 Å². The zero-order valence-electron chi connectivity index (χ0n) is 4.89. The second-order valence-corrected chi connectivity index (χ2v) is 0.924. The van der Waals surface area contributed by atoms with Crippen LogP contribution in [-0.2, 0) is 0 Å². The molecule has 0 spiro atoms. The Morgan fingerprint density at radius 3 is 1.62 bits per heavy atom. The Morgan fingerprint density at radius 2 is 1.38 bits per heavy atom. The lowest BCUT2D eigenvalue weighted by atomic mass is 11.2. The van der Waals surface area contributed by atoms with Gasteiger partial charge in [-0.2, -0.15) is 0 Å². The highest BCUT2D eigenvalue weighted by Crippen LogP contribution is 1.58.